The van der Waals surface area contributed by atoms with Crippen molar-refractivity contribution in [2.24, 2.45) is 5.92 Å². The monoisotopic (exact) mass is 787 g/mol. The Bertz CT molecular complexity index is 1880. The Balaban J connectivity index is 0.000000366. The summed E-state index contributed by atoms with van der Waals surface area (Å²) in [5.74, 6) is 1.07. The molecule has 3 aromatic rings. The molecule has 0 saturated carbocycles. The maximum Gasteiger partial charge on any atom is 0.273 e. The Kier molecular flexibility index (Phi) is 16.1. The van der Waals surface area contributed by atoms with Gasteiger partial charge >= 0.3 is 0 Å². The van der Waals surface area contributed by atoms with Crippen LogP contribution in [0.3, 0.4) is 0 Å². The van der Waals surface area contributed by atoms with E-state index in [4.69, 9.17) is 26.1 Å². The van der Waals surface area contributed by atoms with Crippen LogP contribution in [0.15, 0.2) is 54.1 Å². The molecule has 1 aromatic heterocycles. The van der Waals surface area contributed by atoms with Crippen molar-refractivity contribution >= 4 is 35.0 Å². The topological polar surface area (TPSA) is 122 Å². The number of hydrazine groups is 1. The average molecular weight is 788 g/mol. The number of amides is 3. The van der Waals surface area contributed by atoms with Crippen molar-refractivity contribution in [3.05, 3.63) is 75.8 Å². The molecule has 0 spiro atoms. The molecule has 1 fully saturated rings. The Morgan fingerprint density at radius 2 is 1.79 bits per heavy atom. The van der Waals surface area contributed by atoms with Gasteiger partial charge in [0.05, 0.1) is 23.4 Å². The molecule has 0 radical (unpaired) electrons. The number of aromatic nitrogens is 1. The summed E-state index contributed by atoms with van der Waals surface area (Å²) in [6.07, 6.45) is 7.72. The fraction of sp³-hybridized carbons (Fsp3) is 0.511. The van der Waals surface area contributed by atoms with Crippen molar-refractivity contribution in [2.45, 2.75) is 111 Å². The van der Waals surface area contributed by atoms with Crippen molar-refractivity contribution < 1.29 is 23.9 Å². The lowest BCUT2D eigenvalue weighted by molar-refractivity contribution is -0.146. The van der Waals surface area contributed by atoms with E-state index in [0.29, 0.717) is 41.5 Å². The minimum atomic E-state index is -0.427. The van der Waals surface area contributed by atoms with Gasteiger partial charge in [-0.15, -0.1) is 0 Å². The van der Waals surface area contributed by atoms with Crippen LogP contribution in [0.4, 0.5) is 5.69 Å². The first kappa shape index (κ1) is 44.5. The first-order valence-electron chi connectivity index (χ1n) is 20.3. The van der Waals surface area contributed by atoms with Crippen molar-refractivity contribution in [1.82, 2.24) is 20.7 Å². The maximum absolute atomic E-state index is 13.2. The number of nitrogens with one attached hydrogen (secondary N) is 3. The van der Waals surface area contributed by atoms with E-state index in [1.54, 1.807) is 20.2 Å². The zero-order valence-electron chi connectivity index (χ0n) is 35.0. The van der Waals surface area contributed by atoms with Gasteiger partial charge in [0.2, 0.25) is 11.8 Å². The van der Waals surface area contributed by atoms with Crippen LogP contribution >= 0.6 is 11.6 Å². The molecular formula is C45H62ClN5O5. The molecule has 2 aromatic carbocycles. The van der Waals surface area contributed by atoms with Crippen molar-refractivity contribution in [1.29, 1.82) is 0 Å². The first-order chi connectivity index (χ1) is 26.9. The van der Waals surface area contributed by atoms with Gasteiger partial charge in [-0.25, -0.2) is 10.4 Å². The van der Waals surface area contributed by atoms with Gasteiger partial charge in [-0.2, -0.15) is 0 Å². The van der Waals surface area contributed by atoms with Gasteiger partial charge < -0.3 is 20.1 Å². The summed E-state index contributed by atoms with van der Waals surface area (Å²) in [6.45, 7) is 18.3. The fourth-order valence-electron chi connectivity index (χ4n) is 7.57. The van der Waals surface area contributed by atoms with E-state index in [0.717, 1.165) is 60.1 Å². The number of aryl methyl sites for hydroxylation is 1. The molecule has 3 amide bonds. The van der Waals surface area contributed by atoms with Crippen molar-refractivity contribution in [3.63, 3.8) is 0 Å². The highest BCUT2D eigenvalue weighted by Gasteiger charge is 2.35. The first-order valence-corrected chi connectivity index (χ1v) is 20.7. The lowest BCUT2D eigenvalue weighted by Crippen LogP contribution is -2.52. The third kappa shape index (κ3) is 10.00. The normalized spacial score (nSPS) is 19.9. The molecule has 304 valence electrons. The second kappa shape index (κ2) is 20.3. The molecule has 3 aliphatic rings. The minimum absolute atomic E-state index is 0.0122. The van der Waals surface area contributed by atoms with E-state index < -0.39 is 5.91 Å². The number of methoxy groups -OCH3 is 1. The number of morpholine rings is 1. The summed E-state index contributed by atoms with van der Waals surface area (Å²) < 4.78 is 11.4. The summed E-state index contributed by atoms with van der Waals surface area (Å²) >= 11 is 7.15. The van der Waals surface area contributed by atoms with E-state index in [1.165, 1.54) is 22.6 Å². The molecule has 2 aliphatic heterocycles. The van der Waals surface area contributed by atoms with Crippen LogP contribution in [-0.4, -0.2) is 67.2 Å². The Hall–Kier alpha value is -4.25. The molecule has 3 N–H and O–H groups in total. The summed E-state index contributed by atoms with van der Waals surface area (Å²) in [4.78, 5) is 41.6. The van der Waals surface area contributed by atoms with Crippen LogP contribution in [0.5, 0.6) is 5.88 Å². The Labute approximate surface area is 339 Å². The SMILES string of the molecule is CC.CCC(C)CC1(CC)CNC(=O)CO1.CCC(C)c1c(NC(=O)C2=CCNN(C)C2=O)cccc1-c1cccc(-c2cc3c(c(OC)n2)C(C)CC3)c1Cl. The van der Waals surface area contributed by atoms with Gasteiger partial charge in [0.25, 0.3) is 11.8 Å². The quantitative estimate of drug-likeness (QED) is 0.166. The molecule has 56 heavy (non-hydrogen) atoms. The van der Waals surface area contributed by atoms with Gasteiger partial charge in [0.15, 0.2) is 0 Å². The summed E-state index contributed by atoms with van der Waals surface area (Å²) in [7, 11) is 3.27. The maximum atomic E-state index is 13.2. The predicted molar refractivity (Wildman–Crippen MR) is 227 cm³/mol. The summed E-state index contributed by atoms with van der Waals surface area (Å²) in [5, 5.41) is 7.82. The second-order valence-electron chi connectivity index (χ2n) is 14.9. The van der Waals surface area contributed by atoms with Crippen molar-refractivity contribution in [3.8, 4) is 28.3 Å². The van der Waals surface area contributed by atoms with E-state index >= 15 is 0 Å². The van der Waals surface area contributed by atoms with Crippen LogP contribution in [0.1, 0.15) is 116 Å². The molecule has 6 rings (SSSR count). The van der Waals surface area contributed by atoms with E-state index in [1.807, 2.05) is 50.2 Å². The number of pyridine rings is 1. The number of carbonyl (C=O) groups is 3. The number of hydrogen-bond donors (Lipinski definition) is 3. The zero-order chi connectivity index (χ0) is 41.2. The standard InChI is InChI=1S/C32H35ClN4O3.C11H21NO2.C2H6/c1-6-18(2)28-21(9-8-12-25(28)35-30(38)24-15-16-34-37(4)32(24)39)22-10-7-11-23(29(22)33)26-17-20-14-13-19(3)27(20)31(36-26)40-5;1-4-9(3)6-11(5-2)8-12-10(13)7-14-11;1-2/h7-12,15,17-19,34H,6,13-14,16H2,1-5H3,(H,35,38);9H,4-8H2,1-3H3,(H,12,13);1-2H3. The van der Waals surface area contributed by atoms with E-state index in [9.17, 15) is 14.4 Å². The molecule has 3 heterocycles. The summed E-state index contributed by atoms with van der Waals surface area (Å²) in [5.41, 5.74) is 10.4. The van der Waals surface area contributed by atoms with Crippen LogP contribution in [-0.2, 0) is 25.5 Å². The van der Waals surface area contributed by atoms with Gasteiger partial charge in [0, 0.05) is 42.5 Å². The number of halogens is 1. The summed E-state index contributed by atoms with van der Waals surface area (Å²) in [6, 6.07) is 13.9. The largest absolute Gasteiger partial charge is 0.481 e. The molecular weight excluding hydrogens is 726 g/mol. The van der Waals surface area contributed by atoms with Crippen molar-refractivity contribution in [2.75, 3.05) is 39.2 Å². The molecule has 1 aliphatic carbocycles. The second-order valence-corrected chi connectivity index (χ2v) is 15.3. The molecule has 11 heteroatoms. The number of ether oxygens (including phenoxy) is 2. The lowest BCUT2D eigenvalue weighted by atomic mass is 9.87. The Morgan fingerprint density at radius 3 is 2.43 bits per heavy atom. The molecule has 10 nitrogen and oxygen atoms in total. The van der Waals surface area contributed by atoms with Gasteiger partial charge in [-0.3, -0.25) is 19.4 Å². The number of rotatable bonds is 11. The number of carbonyl (C=O) groups excluding carboxylic acids is 3. The highest BCUT2D eigenvalue weighted by molar-refractivity contribution is 6.36. The number of nitrogens with zero attached hydrogens (tertiary/aromatic N) is 2. The van der Waals surface area contributed by atoms with Gasteiger partial charge in [0.1, 0.15) is 12.2 Å². The number of hydrogen-bond acceptors (Lipinski definition) is 7. The highest BCUT2D eigenvalue weighted by atomic mass is 35.5. The molecule has 4 unspecified atom stereocenters. The predicted octanol–water partition coefficient (Wildman–Crippen LogP) is 9.23. The van der Waals surface area contributed by atoms with E-state index in [-0.39, 0.29) is 35.5 Å². The zero-order valence-corrected chi connectivity index (χ0v) is 35.8. The fourth-order valence-corrected chi connectivity index (χ4v) is 7.90. The molecule has 4 atom stereocenters. The molecule has 0 bridgehead atoms. The van der Waals surface area contributed by atoms with Gasteiger partial charge in [-0.05, 0) is 78.7 Å². The third-order valence-electron chi connectivity index (χ3n) is 11.3. The van der Waals surface area contributed by atoms with Gasteiger partial charge in [-0.1, -0.05) is 110 Å². The number of benzene rings is 2. The molecule has 1 saturated heterocycles. The third-order valence-corrected chi connectivity index (χ3v) is 11.7. The van der Waals surface area contributed by atoms with Crippen LogP contribution < -0.4 is 20.8 Å². The van der Waals surface area contributed by atoms with Crippen LogP contribution in [0.25, 0.3) is 22.4 Å². The average Bonchev–Trinajstić information content (AvgIpc) is 3.60. The minimum Gasteiger partial charge on any atom is -0.481 e. The number of fused-ring (bicyclic) bond motifs is 1. The lowest BCUT2D eigenvalue weighted by Gasteiger charge is -2.38. The van der Waals surface area contributed by atoms with Crippen LogP contribution in [0, 0.1) is 5.92 Å². The van der Waals surface area contributed by atoms with E-state index in [2.05, 4.69) is 63.7 Å². The Morgan fingerprint density at radius 1 is 1.09 bits per heavy atom. The van der Waals surface area contributed by atoms with Crippen LogP contribution in [0.2, 0.25) is 5.02 Å². The number of likely N-dealkylation sites (N-methyl/N-ethyl adjacent to an activating group) is 1. The number of anilines is 1. The highest BCUT2D eigenvalue weighted by Crippen LogP contribution is 2.45. The smallest absolute Gasteiger partial charge is 0.273 e.